The average Bonchev–Trinajstić information content (AvgIpc) is 3.35. The molecule has 1 atom stereocenters. The fourth-order valence-electron chi connectivity index (χ4n) is 4.11. The van der Waals surface area contributed by atoms with Crippen LogP contribution in [0.2, 0.25) is 5.02 Å². The number of benzene rings is 2. The Bertz CT molecular complexity index is 1240. The lowest BCUT2D eigenvalue weighted by molar-refractivity contribution is -0.120. The number of hydrogen-bond donors (Lipinski definition) is 1. The summed E-state index contributed by atoms with van der Waals surface area (Å²) in [5.41, 5.74) is 1.72. The van der Waals surface area contributed by atoms with E-state index in [9.17, 15) is 4.79 Å². The molecule has 3 heterocycles. The molecule has 0 aliphatic carbocycles. The summed E-state index contributed by atoms with van der Waals surface area (Å²) in [7, 11) is 0. The number of imidazole rings is 1. The van der Waals surface area contributed by atoms with Gasteiger partial charge in [-0.1, -0.05) is 48.0 Å². The van der Waals surface area contributed by atoms with E-state index in [4.69, 9.17) is 11.6 Å². The molecule has 1 N–H and O–H groups in total. The first-order chi connectivity index (χ1) is 16.2. The number of nitrogens with zero attached hydrogens (tertiary/aromatic N) is 5. The molecule has 0 radical (unpaired) electrons. The SMILES string of the molecule is O=C(Nc1cccc(Cl)c1)C1CCCN(c2ccc(-n3ccnc3-c3ccccc3)nn2)C1. The third-order valence-corrected chi connectivity index (χ3v) is 6.00. The molecule has 8 heteroatoms. The summed E-state index contributed by atoms with van der Waals surface area (Å²) >= 11 is 6.03. The molecule has 0 saturated carbocycles. The predicted octanol–water partition coefficient (Wildman–Crippen LogP) is 4.84. The second-order valence-electron chi connectivity index (χ2n) is 8.02. The Hall–Kier alpha value is -3.71. The van der Waals surface area contributed by atoms with Crippen LogP contribution in [0.1, 0.15) is 12.8 Å². The molecule has 1 unspecified atom stereocenters. The molecule has 7 nitrogen and oxygen atoms in total. The van der Waals surface area contributed by atoms with Crippen LogP contribution in [0, 0.1) is 5.92 Å². The monoisotopic (exact) mass is 458 g/mol. The summed E-state index contributed by atoms with van der Waals surface area (Å²) < 4.78 is 1.92. The van der Waals surface area contributed by atoms with Gasteiger partial charge in [0.2, 0.25) is 5.91 Å². The molecule has 33 heavy (non-hydrogen) atoms. The highest BCUT2D eigenvalue weighted by molar-refractivity contribution is 6.30. The van der Waals surface area contributed by atoms with Gasteiger partial charge in [0.1, 0.15) is 5.82 Å². The van der Waals surface area contributed by atoms with E-state index in [0.717, 1.165) is 36.6 Å². The van der Waals surface area contributed by atoms with Gasteiger partial charge in [0.25, 0.3) is 0 Å². The zero-order chi connectivity index (χ0) is 22.6. The Morgan fingerprint density at radius 2 is 1.82 bits per heavy atom. The molecule has 1 amide bonds. The number of hydrogen-bond acceptors (Lipinski definition) is 5. The summed E-state index contributed by atoms with van der Waals surface area (Å²) in [4.78, 5) is 19.4. The van der Waals surface area contributed by atoms with Crippen molar-refractivity contribution in [2.24, 2.45) is 5.92 Å². The van der Waals surface area contributed by atoms with E-state index in [0.29, 0.717) is 23.1 Å². The summed E-state index contributed by atoms with van der Waals surface area (Å²) in [5.74, 6) is 2.14. The van der Waals surface area contributed by atoms with Crippen molar-refractivity contribution in [3.05, 3.63) is 84.1 Å². The number of aromatic nitrogens is 4. The summed E-state index contributed by atoms with van der Waals surface area (Å²) in [6.07, 6.45) is 5.38. The number of piperidine rings is 1. The van der Waals surface area contributed by atoms with Crippen molar-refractivity contribution in [2.45, 2.75) is 12.8 Å². The highest BCUT2D eigenvalue weighted by Crippen LogP contribution is 2.25. The fraction of sp³-hybridized carbons (Fsp3) is 0.200. The second-order valence-corrected chi connectivity index (χ2v) is 8.46. The van der Waals surface area contributed by atoms with Crippen molar-refractivity contribution < 1.29 is 4.79 Å². The van der Waals surface area contributed by atoms with Crippen molar-refractivity contribution in [1.29, 1.82) is 0 Å². The smallest absolute Gasteiger partial charge is 0.229 e. The molecule has 166 valence electrons. The van der Waals surface area contributed by atoms with E-state index in [1.54, 1.807) is 18.3 Å². The maximum atomic E-state index is 12.8. The third kappa shape index (κ3) is 4.73. The molecule has 2 aromatic carbocycles. The number of anilines is 2. The van der Waals surface area contributed by atoms with Gasteiger partial charge in [-0.15, -0.1) is 10.2 Å². The molecule has 5 rings (SSSR count). The van der Waals surface area contributed by atoms with Crippen molar-refractivity contribution in [3.8, 4) is 17.2 Å². The minimum absolute atomic E-state index is 0.00235. The Labute approximate surface area is 197 Å². The molecular formula is C25H23ClN6O. The number of amides is 1. The second kappa shape index (κ2) is 9.42. The Kier molecular flexibility index (Phi) is 6.04. The largest absolute Gasteiger partial charge is 0.354 e. The normalized spacial score (nSPS) is 15.9. The van der Waals surface area contributed by atoms with E-state index in [2.05, 4.69) is 25.4 Å². The summed E-state index contributed by atoms with van der Waals surface area (Å²) in [6.45, 7) is 1.44. The topological polar surface area (TPSA) is 75.9 Å². The quantitative estimate of drug-likeness (QED) is 0.463. The van der Waals surface area contributed by atoms with Crippen LogP contribution in [-0.2, 0) is 4.79 Å². The lowest BCUT2D eigenvalue weighted by atomic mass is 9.97. The number of rotatable bonds is 5. The standard InChI is InChI=1S/C25H23ClN6O/c26-20-9-4-10-21(16-20)28-25(33)19-8-5-14-31(17-19)22-11-12-23(30-29-22)32-15-13-27-24(32)18-6-2-1-3-7-18/h1-4,6-7,9-13,15-16,19H,5,8,14,17H2,(H,28,33). The molecule has 0 bridgehead atoms. The fourth-order valence-corrected chi connectivity index (χ4v) is 4.30. The maximum absolute atomic E-state index is 12.8. The molecule has 2 aromatic heterocycles. The van der Waals surface area contributed by atoms with E-state index in [-0.39, 0.29) is 11.8 Å². The first-order valence-corrected chi connectivity index (χ1v) is 11.3. The minimum atomic E-state index is -0.127. The number of nitrogens with one attached hydrogen (secondary N) is 1. The third-order valence-electron chi connectivity index (χ3n) is 5.76. The van der Waals surface area contributed by atoms with Crippen LogP contribution >= 0.6 is 11.6 Å². The first-order valence-electron chi connectivity index (χ1n) is 10.9. The maximum Gasteiger partial charge on any atom is 0.229 e. The molecule has 1 saturated heterocycles. The zero-order valence-electron chi connectivity index (χ0n) is 17.9. The summed E-state index contributed by atoms with van der Waals surface area (Å²) in [6, 6.07) is 21.1. The van der Waals surface area contributed by atoms with E-state index < -0.39 is 0 Å². The molecular weight excluding hydrogens is 436 g/mol. The molecule has 4 aromatic rings. The lowest BCUT2D eigenvalue weighted by Gasteiger charge is -2.32. The average molecular weight is 459 g/mol. The first kappa shape index (κ1) is 21.2. The Morgan fingerprint density at radius 3 is 2.61 bits per heavy atom. The van der Waals surface area contributed by atoms with Crippen molar-refractivity contribution in [3.63, 3.8) is 0 Å². The Balaban J connectivity index is 1.29. The van der Waals surface area contributed by atoms with E-state index in [1.807, 2.05) is 65.4 Å². The van der Waals surface area contributed by atoms with Crippen LogP contribution in [0.5, 0.6) is 0 Å². The molecule has 1 aliphatic heterocycles. The highest BCUT2D eigenvalue weighted by atomic mass is 35.5. The molecule has 1 fully saturated rings. The van der Waals surface area contributed by atoms with Crippen molar-refractivity contribution in [1.82, 2.24) is 19.7 Å². The van der Waals surface area contributed by atoms with Gasteiger partial charge in [-0.3, -0.25) is 9.36 Å². The Morgan fingerprint density at radius 1 is 1.00 bits per heavy atom. The molecule has 0 spiro atoms. The van der Waals surface area contributed by atoms with Gasteiger partial charge in [-0.05, 0) is 43.2 Å². The number of carbonyl (C=O) groups is 1. The zero-order valence-corrected chi connectivity index (χ0v) is 18.7. The van der Waals surface area contributed by atoms with Gasteiger partial charge in [0, 0.05) is 41.8 Å². The van der Waals surface area contributed by atoms with E-state index >= 15 is 0 Å². The van der Waals surface area contributed by atoms with Crippen molar-refractivity contribution in [2.75, 3.05) is 23.3 Å². The van der Waals surface area contributed by atoms with E-state index in [1.165, 1.54) is 0 Å². The van der Waals surface area contributed by atoms with Crippen LogP contribution in [-0.4, -0.2) is 38.7 Å². The van der Waals surface area contributed by atoms with Gasteiger partial charge in [0.05, 0.1) is 5.92 Å². The van der Waals surface area contributed by atoms with Crippen LogP contribution in [0.4, 0.5) is 11.5 Å². The van der Waals surface area contributed by atoms with Gasteiger partial charge in [-0.2, -0.15) is 0 Å². The molecule has 1 aliphatic rings. The number of halogens is 1. The van der Waals surface area contributed by atoms with Crippen molar-refractivity contribution >= 4 is 29.0 Å². The minimum Gasteiger partial charge on any atom is -0.354 e. The van der Waals surface area contributed by atoms with Gasteiger partial charge in [-0.25, -0.2) is 4.98 Å². The predicted molar refractivity (Wildman–Crippen MR) is 130 cm³/mol. The van der Waals surface area contributed by atoms with Crippen LogP contribution in [0.15, 0.2) is 79.1 Å². The van der Waals surface area contributed by atoms with Gasteiger partial charge < -0.3 is 10.2 Å². The summed E-state index contributed by atoms with van der Waals surface area (Å²) in [5, 5.41) is 12.5. The lowest BCUT2D eigenvalue weighted by Crippen LogP contribution is -2.41. The van der Waals surface area contributed by atoms with Gasteiger partial charge in [0.15, 0.2) is 11.6 Å². The van der Waals surface area contributed by atoms with Crippen LogP contribution < -0.4 is 10.2 Å². The van der Waals surface area contributed by atoms with Crippen LogP contribution in [0.25, 0.3) is 17.2 Å². The number of carbonyl (C=O) groups excluding carboxylic acids is 1. The highest BCUT2D eigenvalue weighted by Gasteiger charge is 2.27. The van der Waals surface area contributed by atoms with Crippen LogP contribution in [0.3, 0.4) is 0 Å². The van der Waals surface area contributed by atoms with Gasteiger partial charge >= 0.3 is 0 Å².